The van der Waals surface area contributed by atoms with Gasteiger partial charge in [-0.1, -0.05) is 37.3 Å². The number of nitro groups is 1. The monoisotopic (exact) mass is 293 g/mol. The quantitative estimate of drug-likeness (QED) is 0.417. The summed E-state index contributed by atoms with van der Waals surface area (Å²) in [6.07, 6.45) is 0.224. The van der Waals surface area contributed by atoms with Gasteiger partial charge in [-0.25, -0.2) is 4.79 Å². The zero-order valence-corrected chi connectivity index (χ0v) is 12.2. The van der Waals surface area contributed by atoms with Gasteiger partial charge in [-0.05, 0) is 12.5 Å². The molecule has 1 aromatic carbocycles. The molecule has 0 aliphatic heterocycles. The normalized spacial score (nSPS) is 13.2. The van der Waals surface area contributed by atoms with E-state index in [4.69, 9.17) is 4.74 Å². The highest BCUT2D eigenvalue weighted by atomic mass is 16.6. The maximum atomic E-state index is 11.9. The highest BCUT2D eigenvalue weighted by Crippen LogP contribution is 2.27. The van der Waals surface area contributed by atoms with Gasteiger partial charge in [0.2, 0.25) is 0 Å². The first-order valence-corrected chi connectivity index (χ1v) is 6.88. The summed E-state index contributed by atoms with van der Waals surface area (Å²) >= 11 is 0. The lowest BCUT2D eigenvalue weighted by Crippen LogP contribution is -2.38. The van der Waals surface area contributed by atoms with Crippen molar-refractivity contribution >= 4 is 11.8 Å². The maximum Gasteiger partial charge on any atom is 0.382 e. The van der Waals surface area contributed by atoms with Crippen LogP contribution < -0.4 is 0 Å². The van der Waals surface area contributed by atoms with E-state index in [2.05, 4.69) is 0 Å². The molecule has 0 saturated heterocycles. The summed E-state index contributed by atoms with van der Waals surface area (Å²) in [6, 6.07) is 7.02. The van der Waals surface area contributed by atoms with Crippen LogP contribution in [-0.4, -0.2) is 29.3 Å². The largest absolute Gasteiger partial charge is 0.461 e. The van der Waals surface area contributed by atoms with Crippen LogP contribution in [-0.2, 0) is 14.3 Å². The average Bonchev–Trinajstić information content (AvgIpc) is 2.47. The van der Waals surface area contributed by atoms with Crippen LogP contribution in [0.5, 0.6) is 0 Å². The van der Waals surface area contributed by atoms with Crippen molar-refractivity contribution in [2.75, 3.05) is 6.61 Å². The fraction of sp³-hybridized carbons (Fsp3) is 0.467. The number of ketones is 1. The molecule has 0 radical (unpaired) electrons. The van der Waals surface area contributed by atoms with Gasteiger partial charge in [-0.15, -0.1) is 0 Å². The number of rotatable bonds is 8. The molecule has 0 heterocycles. The molecule has 0 amide bonds. The molecule has 6 heteroatoms. The molecule has 1 rings (SSSR count). The molecule has 2 atom stereocenters. The number of carbonyl (C=O) groups excluding carboxylic acids is 2. The Morgan fingerprint density at radius 3 is 2.33 bits per heavy atom. The number of carbonyl (C=O) groups is 2. The van der Waals surface area contributed by atoms with Crippen LogP contribution in [0.2, 0.25) is 0 Å². The Kier molecular flexibility index (Phi) is 6.52. The minimum atomic E-state index is -1.57. The van der Waals surface area contributed by atoms with Crippen molar-refractivity contribution in [1.82, 2.24) is 0 Å². The Morgan fingerprint density at radius 2 is 1.86 bits per heavy atom. The lowest BCUT2D eigenvalue weighted by Gasteiger charge is -2.19. The molecule has 0 fully saturated rings. The van der Waals surface area contributed by atoms with Gasteiger partial charge in [0, 0.05) is 17.8 Å². The summed E-state index contributed by atoms with van der Waals surface area (Å²) < 4.78 is 4.79. The van der Waals surface area contributed by atoms with Gasteiger partial charge >= 0.3 is 12.0 Å². The number of hydrogen-bond donors (Lipinski definition) is 0. The number of benzene rings is 1. The fourth-order valence-electron chi connectivity index (χ4n) is 2.13. The third-order valence-electron chi connectivity index (χ3n) is 3.21. The van der Waals surface area contributed by atoms with Crippen molar-refractivity contribution in [2.24, 2.45) is 0 Å². The molecular weight excluding hydrogens is 274 g/mol. The first-order valence-electron chi connectivity index (χ1n) is 6.88. The predicted octanol–water partition coefficient (Wildman–Crippen LogP) is 2.35. The zero-order chi connectivity index (χ0) is 15.8. The molecule has 114 valence electrons. The highest BCUT2D eigenvalue weighted by Gasteiger charge is 2.41. The summed E-state index contributed by atoms with van der Waals surface area (Å²) in [7, 11) is 0. The smallest absolute Gasteiger partial charge is 0.382 e. The van der Waals surface area contributed by atoms with E-state index >= 15 is 0 Å². The van der Waals surface area contributed by atoms with Crippen molar-refractivity contribution in [2.45, 2.75) is 38.6 Å². The Hall–Kier alpha value is -2.24. The van der Waals surface area contributed by atoms with Crippen LogP contribution in [0.25, 0.3) is 0 Å². The van der Waals surface area contributed by atoms with Crippen LogP contribution in [0.15, 0.2) is 30.3 Å². The SMILES string of the molecule is CCOC(=O)C([C@@H](CC(=O)CC)c1ccccc1)[N+](=O)[O-]. The minimum Gasteiger partial charge on any atom is -0.461 e. The number of ether oxygens (including phenoxy) is 1. The van der Waals surface area contributed by atoms with Crippen LogP contribution >= 0.6 is 0 Å². The van der Waals surface area contributed by atoms with Gasteiger partial charge in [0.05, 0.1) is 12.5 Å². The van der Waals surface area contributed by atoms with Gasteiger partial charge in [-0.2, -0.15) is 0 Å². The minimum absolute atomic E-state index is 0.0506. The molecule has 0 aliphatic rings. The van der Waals surface area contributed by atoms with E-state index in [9.17, 15) is 19.7 Å². The Morgan fingerprint density at radius 1 is 1.24 bits per heavy atom. The van der Waals surface area contributed by atoms with Gasteiger partial charge in [0.1, 0.15) is 5.78 Å². The molecule has 0 aliphatic carbocycles. The van der Waals surface area contributed by atoms with E-state index in [0.29, 0.717) is 5.56 Å². The van der Waals surface area contributed by atoms with Crippen molar-refractivity contribution < 1.29 is 19.2 Å². The lowest BCUT2D eigenvalue weighted by molar-refractivity contribution is -0.514. The van der Waals surface area contributed by atoms with E-state index < -0.39 is 22.9 Å². The molecule has 0 saturated carbocycles. The first kappa shape index (κ1) is 16.8. The average molecular weight is 293 g/mol. The molecule has 0 bridgehead atoms. The summed E-state index contributed by atoms with van der Waals surface area (Å²) in [5, 5.41) is 11.3. The molecule has 21 heavy (non-hydrogen) atoms. The zero-order valence-electron chi connectivity index (χ0n) is 12.2. The van der Waals surface area contributed by atoms with E-state index in [1.807, 2.05) is 0 Å². The summed E-state index contributed by atoms with van der Waals surface area (Å²) in [5.74, 6) is -1.84. The standard InChI is InChI=1S/C15H19NO5/c1-3-12(17)10-13(11-8-6-5-7-9-11)14(16(19)20)15(18)21-4-2/h5-9,13-14H,3-4,10H2,1-2H3/t13-,14?/m0/s1. The maximum absolute atomic E-state index is 11.9. The second-order valence-electron chi connectivity index (χ2n) is 4.60. The molecule has 0 spiro atoms. The van der Waals surface area contributed by atoms with Gasteiger partial charge in [0.15, 0.2) is 0 Å². The van der Waals surface area contributed by atoms with Crippen LogP contribution in [0.4, 0.5) is 0 Å². The third kappa shape index (κ3) is 4.66. The number of nitrogens with zero attached hydrogens (tertiary/aromatic N) is 1. The molecule has 0 N–H and O–H groups in total. The van der Waals surface area contributed by atoms with Crippen LogP contribution in [0, 0.1) is 10.1 Å². The Labute approximate surface area is 123 Å². The first-order chi connectivity index (χ1) is 10.0. The number of Topliss-reactive ketones (excluding diaryl/α,β-unsaturated/α-hetero) is 1. The highest BCUT2D eigenvalue weighted by molar-refractivity contribution is 5.82. The van der Waals surface area contributed by atoms with Crippen molar-refractivity contribution in [3.8, 4) is 0 Å². The van der Waals surface area contributed by atoms with Gasteiger partial charge in [-0.3, -0.25) is 14.9 Å². The van der Waals surface area contributed by atoms with Crippen LogP contribution in [0.1, 0.15) is 38.2 Å². The lowest BCUT2D eigenvalue weighted by atomic mass is 9.86. The van der Waals surface area contributed by atoms with Crippen LogP contribution in [0.3, 0.4) is 0 Å². The fourth-order valence-corrected chi connectivity index (χ4v) is 2.13. The molecular formula is C15H19NO5. The predicted molar refractivity (Wildman–Crippen MR) is 76.5 cm³/mol. The topological polar surface area (TPSA) is 86.5 Å². The molecule has 6 nitrogen and oxygen atoms in total. The molecule has 1 aromatic rings. The summed E-state index contributed by atoms with van der Waals surface area (Å²) in [4.78, 5) is 34.2. The third-order valence-corrected chi connectivity index (χ3v) is 3.21. The van der Waals surface area contributed by atoms with Gasteiger partial charge in [0.25, 0.3) is 0 Å². The second kappa shape index (κ2) is 8.14. The molecule has 0 aromatic heterocycles. The van der Waals surface area contributed by atoms with E-state index in [1.54, 1.807) is 44.2 Å². The van der Waals surface area contributed by atoms with Gasteiger partial charge < -0.3 is 4.74 Å². The van der Waals surface area contributed by atoms with E-state index in [-0.39, 0.29) is 25.2 Å². The number of hydrogen-bond acceptors (Lipinski definition) is 5. The Balaban J connectivity index is 3.16. The molecule has 1 unspecified atom stereocenters. The number of esters is 1. The Bertz CT molecular complexity index is 500. The van der Waals surface area contributed by atoms with E-state index in [0.717, 1.165) is 0 Å². The summed E-state index contributed by atoms with van der Waals surface area (Å²) in [5.41, 5.74) is 0.592. The van der Waals surface area contributed by atoms with Crippen molar-refractivity contribution in [3.05, 3.63) is 46.0 Å². The second-order valence-corrected chi connectivity index (χ2v) is 4.60. The van der Waals surface area contributed by atoms with Crippen molar-refractivity contribution in [3.63, 3.8) is 0 Å². The van der Waals surface area contributed by atoms with E-state index in [1.165, 1.54) is 0 Å². The summed E-state index contributed by atoms with van der Waals surface area (Å²) in [6.45, 7) is 3.34. The van der Waals surface area contributed by atoms with Crippen molar-refractivity contribution in [1.29, 1.82) is 0 Å².